The van der Waals surface area contributed by atoms with Gasteiger partial charge in [0.25, 0.3) is 0 Å². The van der Waals surface area contributed by atoms with E-state index in [1.807, 2.05) is 0 Å². The molecule has 13 heavy (non-hydrogen) atoms. The van der Waals surface area contributed by atoms with Crippen LogP contribution in [0.3, 0.4) is 0 Å². The molecule has 0 N–H and O–H groups in total. The summed E-state index contributed by atoms with van der Waals surface area (Å²) in [6, 6.07) is 2.12. The van der Waals surface area contributed by atoms with E-state index in [-0.39, 0.29) is 0 Å². The Morgan fingerprint density at radius 3 is 3.08 bits per heavy atom. The number of nitriles is 1. The summed E-state index contributed by atoms with van der Waals surface area (Å²) in [5, 5.41) is 8.29. The van der Waals surface area contributed by atoms with Crippen molar-refractivity contribution in [3.63, 3.8) is 0 Å². The molecule has 0 aromatic heterocycles. The van der Waals surface area contributed by atoms with Crippen molar-refractivity contribution < 1.29 is 9.47 Å². The summed E-state index contributed by atoms with van der Waals surface area (Å²) < 4.78 is 10.7. The van der Waals surface area contributed by atoms with Crippen LogP contribution in [0.2, 0.25) is 0 Å². The van der Waals surface area contributed by atoms with Gasteiger partial charge < -0.3 is 9.47 Å². The molecule has 1 aliphatic rings. The lowest BCUT2D eigenvalue weighted by Crippen LogP contribution is -2.09. The van der Waals surface area contributed by atoms with E-state index in [4.69, 9.17) is 14.7 Å². The van der Waals surface area contributed by atoms with Crippen LogP contribution < -0.4 is 0 Å². The van der Waals surface area contributed by atoms with Crippen LogP contribution in [-0.4, -0.2) is 26.4 Å². The van der Waals surface area contributed by atoms with Crippen molar-refractivity contribution >= 4 is 0 Å². The fourth-order valence-electron chi connectivity index (χ4n) is 1.37. The molecule has 0 saturated carbocycles. The van der Waals surface area contributed by atoms with Gasteiger partial charge in [0.1, 0.15) is 0 Å². The van der Waals surface area contributed by atoms with E-state index < -0.39 is 0 Å². The summed E-state index contributed by atoms with van der Waals surface area (Å²) >= 11 is 0. The summed E-state index contributed by atoms with van der Waals surface area (Å²) in [5.41, 5.74) is 0. The standard InChI is InChI=1S/C10H17NO2/c11-5-2-1-3-6-12-8-10-4-7-13-9-10/h10H,1-4,6-9H2. The second kappa shape index (κ2) is 6.88. The van der Waals surface area contributed by atoms with E-state index in [2.05, 4.69) is 6.07 Å². The fourth-order valence-corrected chi connectivity index (χ4v) is 1.37. The van der Waals surface area contributed by atoms with E-state index in [9.17, 15) is 0 Å². The molecule has 0 radical (unpaired) electrons. The average molecular weight is 183 g/mol. The summed E-state index contributed by atoms with van der Waals surface area (Å²) in [5.74, 6) is 0.607. The molecular weight excluding hydrogens is 166 g/mol. The van der Waals surface area contributed by atoms with Crippen LogP contribution in [0.15, 0.2) is 0 Å². The van der Waals surface area contributed by atoms with Gasteiger partial charge in [-0.1, -0.05) is 0 Å². The van der Waals surface area contributed by atoms with Crippen molar-refractivity contribution in [1.82, 2.24) is 0 Å². The molecule has 1 heterocycles. The van der Waals surface area contributed by atoms with Gasteiger partial charge in [-0.25, -0.2) is 0 Å². The first kappa shape index (κ1) is 10.5. The zero-order chi connectivity index (χ0) is 9.36. The van der Waals surface area contributed by atoms with Gasteiger partial charge in [-0.2, -0.15) is 5.26 Å². The van der Waals surface area contributed by atoms with Crippen LogP contribution in [0.4, 0.5) is 0 Å². The monoisotopic (exact) mass is 183 g/mol. The van der Waals surface area contributed by atoms with Crippen molar-refractivity contribution in [3.8, 4) is 6.07 Å². The third-order valence-electron chi connectivity index (χ3n) is 2.20. The van der Waals surface area contributed by atoms with Crippen molar-refractivity contribution in [2.24, 2.45) is 5.92 Å². The maximum Gasteiger partial charge on any atom is 0.0621 e. The van der Waals surface area contributed by atoms with Gasteiger partial charge in [-0.15, -0.1) is 0 Å². The van der Waals surface area contributed by atoms with Gasteiger partial charge in [0.05, 0.1) is 19.3 Å². The minimum Gasteiger partial charge on any atom is -0.381 e. The zero-order valence-corrected chi connectivity index (χ0v) is 8.00. The molecular formula is C10H17NO2. The van der Waals surface area contributed by atoms with E-state index in [0.29, 0.717) is 12.3 Å². The molecule has 3 nitrogen and oxygen atoms in total. The highest BCUT2D eigenvalue weighted by Gasteiger charge is 2.14. The molecule has 0 aromatic carbocycles. The zero-order valence-electron chi connectivity index (χ0n) is 8.00. The van der Waals surface area contributed by atoms with Crippen molar-refractivity contribution in [2.45, 2.75) is 25.7 Å². The van der Waals surface area contributed by atoms with Gasteiger partial charge in [0.15, 0.2) is 0 Å². The largest absolute Gasteiger partial charge is 0.381 e. The third-order valence-corrected chi connectivity index (χ3v) is 2.20. The molecule has 0 spiro atoms. The maximum atomic E-state index is 8.29. The highest BCUT2D eigenvalue weighted by atomic mass is 16.5. The number of nitrogens with zero attached hydrogens (tertiary/aromatic N) is 1. The van der Waals surface area contributed by atoms with Crippen LogP contribution in [0, 0.1) is 17.2 Å². The number of ether oxygens (including phenoxy) is 2. The van der Waals surface area contributed by atoms with Crippen molar-refractivity contribution in [3.05, 3.63) is 0 Å². The molecule has 0 bridgehead atoms. The number of hydrogen-bond donors (Lipinski definition) is 0. The predicted octanol–water partition coefficient (Wildman–Crippen LogP) is 1.73. The first-order chi connectivity index (χ1) is 6.43. The Bertz CT molecular complexity index is 159. The summed E-state index contributed by atoms with van der Waals surface area (Å²) in [6.07, 6.45) is 3.74. The predicted molar refractivity (Wildman–Crippen MR) is 49.2 cm³/mol. The van der Waals surface area contributed by atoms with Crippen LogP contribution >= 0.6 is 0 Å². The normalized spacial score (nSPS) is 21.6. The lowest BCUT2D eigenvalue weighted by Gasteiger charge is -2.07. The van der Waals surface area contributed by atoms with E-state index >= 15 is 0 Å². The number of unbranched alkanes of at least 4 members (excludes halogenated alkanes) is 2. The molecule has 1 rings (SSSR count). The van der Waals surface area contributed by atoms with Gasteiger partial charge in [-0.05, 0) is 19.3 Å². The van der Waals surface area contributed by atoms with E-state index in [1.165, 1.54) is 0 Å². The highest BCUT2D eigenvalue weighted by Crippen LogP contribution is 2.12. The second-order valence-corrected chi connectivity index (χ2v) is 3.42. The van der Waals surface area contributed by atoms with Gasteiger partial charge in [-0.3, -0.25) is 0 Å². The Balaban J connectivity index is 1.81. The van der Waals surface area contributed by atoms with E-state index in [1.54, 1.807) is 0 Å². The van der Waals surface area contributed by atoms with E-state index in [0.717, 1.165) is 45.7 Å². The van der Waals surface area contributed by atoms with Crippen LogP contribution in [-0.2, 0) is 9.47 Å². The molecule has 1 fully saturated rings. The van der Waals surface area contributed by atoms with Crippen molar-refractivity contribution in [2.75, 3.05) is 26.4 Å². The average Bonchev–Trinajstić information content (AvgIpc) is 2.63. The molecule has 74 valence electrons. The molecule has 0 aliphatic carbocycles. The van der Waals surface area contributed by atoms with Crippen LogP contribution in [0.5, 0.6) is 0 Å². The maximum absolute atomic E-state index is 8.29. The first-order valence-corrected chi connectivity index (χ1v) is 4.96. The Labute approximate surface area is 79.6 Å². The smallest absolute Gasteiger partial charge is 0.0621 e. The Morgan fingerprint density at radius 2 is 2.38 bits per heavy atom. The van der Waals surface area contributed by atoms with Gasteiger partial charge >= 0.3 is 0 Å². The number of hydrogen-bond acceptors (Lipinski definition) is 3. The summed E-state index contributed by atoms with van der Waals surface area (Å²) in [6.45, 7) is 3.37. The van der Waals surface area contributed by atoms with Gasteiger partial charge in [0, 0.05) is 25.6 Å². The minimum atomic E-state index is 0.607. The SMILES string of the molecule is N#CCCCCOCC1CCOC1. The lowest BCUT2D eigenvalue weighted by molar-refractivity contribution is 0.0876. The van der Waals surface area contributed by atoms with Crippen LogP contribution in [0.1, 0.15) is 25.7 Å². The molecule has 0 aromatic rings. The molecule has 3 heteroatoms. The minimum absolute atomic E-state index is 0.607. The van der Waals surface area contributed by atoms with Gasteiger partial charge in [0.2, 0.25) is 0 Å². The molecule has 1 unspecified atom stereocenters. The first-order valence-electron chi connectivity index (χ1n) is 4.96. The second-order valence-electron chi connectivity index (χ2n) is 3.42. The number of rotatable bonds is 6. The fraction of sp³-hybridized carbons (Fsp3) is 0.900. The van der Waals surface area contributed by atoms with Crippen molar-refractivity contribution in [1.29, 1.82) is 5.26 Å². The molecule has 1 atom stereocenters. The summed E-state index contributed by atoms with van der Waals surface area (Å²) in [4.78, 5) is 0. The third kappa shape index (κ3) is 4.87. The Morgan fingerprint density at radius 1 is 1.46 bits per heavy atom. The Kier molecular flexibility index (Phi) is 5.55. The molecule has 1 saturated heterocycles. The van der Waals surface area contributed by atoms with Crippen LogP contribution in [0.25, 0.3) is 0 Å². The highest BCUT2D eigenvalue weighted by molar-refractivity contribution is 4.67. The molecule has 0 amide bonds. The quantitative estimate of drug-likeness (QED) is 0.589. The lowest BCUT2D eigenvalue weighted by atomic mass is 10.1. The molecule has 1 aliphatic heterocycles. The Hall–Kier alpha value is -0.590. The topological polar surface area (TPSA) is 42.2 Å². The summed E-state index contributed by atoms with van der Waals surface area (Å²) in [7, 11) is 0.